The van der Waals surface area contributed by atoms with Gasteiger partial charge in [-0.05, 0) is 88.2 Å². The molecule has 11 nitrogen and oxygen atoms in total. The second-order valence-corrected chi connectivity index (χ2v) is 10.4. The van der Waals surface area contributed by atoms with E-state index in [0.717, 1.165) is 16.7 Å². The Kier molecular flexibility index (Phi) is 9.63. The Morgan fingerprint density at radius 2 is 1.88 bits per heavy atom. The largest absolute Gasteiger partial charge is 0.494 e. The van der Waals surface area contributed by atoms with E-state index in [1.54, 1.807) is 48.5 Å². The third-order valence-electron chi connectivity index (χ3n) is 5.68. The SMILES string of the molecule is CCOc1ccc(NC(=O)CN2C(=O)S/C(=C/c3cc(Br)c(OCc4cccc([N+](=O)[O-])c4)c(OC)c3)C2=O)cc1. The summed E-state index contributed by atoms with van der Waals surface area (Å²) in [5.74, 6) is 0.238. The predicted octanol–water partition coefficient (Wildman–Crippen LogP) is 6.02. The minimum absolute atomic E-state index is 0.0462. The highest BCUT2D eigenvalue weighted by atomic mass is 79.9. The van der Waals surface area contributed by atoms with E-state index in [1.165, 1.54) is 25.3 Å². The van der Waals surface area contributed by atoms with E-state index >= 15 is 0 Å². The molecular weight excluding hydrogens is 618 g/mol. The van der Waals surface area contributed by atoms with Gasteiger partial charge in [0.2, 0.25) is 5.91 Å². The highest BCUT2D eigenvalue weighted by Gasteiger charge is 2.36. The Labute approximate surface area is 247 Å². The lowest BCUT2D eigenvalue weighted by molar-refractivity contribution is -0.384. The fraction of sp³-hybridized carbons (Fsp3) is 0.179. The molecule has 3 amide bonds. The maximum absolute atomic E-state index is 13.0. The van der Waals surface area contributed by atoms with Crippen LogP contribution in [0.4, 0.5) is 16.2 Å². The molecule has 1 N–H and O–H groups in total. The highest BCUT2D eigenvalue weighted by molar-refractivity contribution is 9.10. The zero-order chi connectivity index (χ0) is 29.5. The number of amides is 3. The molecule has 0 bridgehead atoms. The van der Waals surface area contributed by atoms with E-state index in [9.17, 15) is 24.5 Å². The highest BCUT2D eigenvalue weighted by Crippen LogP contribution is 2.39. The van der Waals surface area contributed by atoms with E-state index in [0.29, 0.717) is 45.1 Å². The Morgan fingerprint density at radius 1 is 1.12 bits per heavy atom. The van der Waals surface area contributed by atoms with E-state index in [4.69, 9.17) is 14.2 Å². The number of imide groups is 1. The Balaban J connectivity index is 1.44. The van der Waals surface area contributed by atoms with Gasteiger partial charge < -0.3 is 19.5 Å². The van der Waals surface area contributed by atoms with Crippen LogP contribution >= 0.6 is 27.7 Å². The van der Waals surface area contributed by atoms with Crippen LogP contribution in [0.1, 0.15) is 18.1 Å². The first-order chi connectivity index (χ1) is 19.7. The molecule has 1 heterocycles. The van der Waals surface area contributed by atoms with Gasteiger partial charge in [-0.15, -0.1) is 0 Å². The van der Waals surface area contributed by atoms with Gasteiger partial charge in [-0.25, -0.2) is 0 Å². The Hall–Kier alpha value is -4.36. The second kappa shape index (κ2) is 13.3. The van der Waals surface area contributed by atoms with Crippen molar-refractivity contribution in [2.24, 2.45) is 0 Å². The minimum atomic E-state index is -0.595. The lowest BCUT2D eigenvalue weighted by Crippen LogP contribution is -2.36. The summed E-state index contributed by atoms with van der Waals surface area (Å²) in [5.41, 5.74) is 1.60. The molecule has 4 rings (SSSR count). The van der Waals surface area contributed by atoms with Crippen molar-refractivity contribution in [1.82, 2.24) is 4.90 Å². The molecule has 3 aromatic carbocycles. The molecule has 0 aliphatic carbocycles. The number of nitro benzene ring substituents is 1. The number of rotatable bonds is 11. The molecule has 1 aliphatic heterocycles. The maximum Gasteiger partial charge on any atom is 0.294 e. The van der Waals surface area contributed by atoms with Crippen molar-refractivity contribution in [3.05, 3.63) is 91.3 Å². The lowest BCUT2D eigenvalue weighted by Gasteiger charge is -2.14. The molecule has 0 unspecified atom stereocenters. The number of anilines is 1. The fourth-order valence-electron chi connectivity index (χ4n) is 3.81. The molecule has 212 valence electrons. The van der Waals surface area contributed by atoms with E-state index in [-0.39, 0.29) is 17.2 Å². The number of hydrogen-bond donors (Lipinski definition) is 1. The van der Waals surface area contributed by atoms with Gasteiger partial charge in [0.05, 0.1) is 28.0 Å². The smallest absolute Gasteiger partial charge is 0.294 e. The van der Waals surface area contributed by atoms with Crippen LogP contribution in [0.5, 0.6) is 17.2 Å². The zero-order valence-electron chi connectivity index (χ0n) is 21.9. The number of methoxy groups -OCH3 is 1. The average molecular weight is 642 g/mol. The summed E-state index contributed by atoms with van der Waals surface area (Å²) in [6, 6.07) is 16.1. The third-order valence-corrected chi connectivity index (χ3v) is 7.17. The van der Waals surface area contributed by atoms with Crippen LogP contribution in [0.15, 0.2) is 70.0 Å². The first-order valence-corrected chi connectivity index (χ1v) is 13.8. The monoisotopic (exact) mass is 641 g/mol. The number of nitrogens with zero attached hydrogens (tertiary/aromatic N) is 2. The number of hydrogen-bond acceptors (Lipinski definition) is 9. The van der Waals surface area contributed by atoms with Crippen molar-refractivity contribution < 1.29 is 33.5 Å². The molecule has 1 aliphatic rings. The standard InChI is InChI=1S/C28H24BrN3O8S/c1-3-39-21-9-7-19(8-10-21)30-25(33)15-31-27(34)24(41-28(31)35)14-18-12-22(29)26(23(13-18)38-2)40-16-17-5-4-6-20(11-17)32(36)37/h4-14H,3,15-16H2,1-2H3,(H,30,33)/b24-14+. The Morgan fingerprint density at radius 3 is 2.56 bits per heavy atom. The quantitative estimate of drug-likeness (QED) is 0.151. The summed E-state index contributed by atoms with van der Waals surface area (Å²) in [6.07, 6.45) is 1.52. The molecule has 41 heavy (non-hydrogen) atoms. The molecule has 1 fully saturated rings. The van der Waals surface area contributed by atoms with Crippen molar-refractivity contribution in [2.45, 2.75) is 13.5 Å². The summed E-state index contributed by atoms with van der Waals surface area (Å²) in [6.45, 7) is 1.99. The van der Waals surface area contributed by atoms with E-state index in [1.807, 2.05) is 6.92 Å². The van der Waals surface area contributed by atoms with Crippen LogP contribution in [0.25, 0.3) is 6.08 Å². The van der Waals surface area contributed by atoms with Gasteiger partial charge in [0.1, 0.15) is 18.9 Å². The van der Waals surface area contributed by atoms with Crippen LogP contribution in [-0.2, 0) is 16.2 Å². The number of carbonyl (C=O) groups is 3. The van der Waals surface area contributed by atoms with E-state index < -0.39 is 28.5 Å². The minimum Gasteiger partial charge on any atom is -0.494 e. The van der Waals surface area contributed by atoms with Gasteiger partial charge in [-0.1, -0.05) is 12.1 Å². The first kappa shape index (κ1) is 29.6. The van der Waals surface area contributed by atoms with Gasteiger partial charge >= 0.3 is 0 Å². The van der Waals surface area contributed by atoms with Crippen molar-refractivity contribution in [3.8, 4) is 17.2 Å². The summed E-state index contributed by atoms with van der Waals surface area (Å²) < 4.78 is 17.2. The summed E-state index contributed by atoms with van der Waals surface area (Å²) in [4.78, 5) is 49.6. The summed E-state index contributed by atoms with van der Waals surface area (Å²) >= 11 is 4.17. The zero-order valence-corrected chi connectivity index (χ0v) is 24.3. The van der Waals surface area contributed by atoms with Gasteiger partial charge in [-0.2, -0.15) is 0 Å². The normalized spacial score (nSPS) is 13.8. The number of ether oxygens (including phenoxy) is 3. The number of benzene rings is 3. The third kappa shape index (κ3) is 7.44. The Bertz CT molecular complexity index is 1530. The van der Waals surface area contributed by atoms with E-state index in [2.05, 4.69) is 21.2 Å². The first-order valence-electron chi connectivity index (χ1n) is 12.2. The van der Waals surface area contributed by atoms with Gasteiger partial charge in [0, 0.05) is 17.8 Å². The van der Waals surface area contributed by atoms with Crippen molar-refractivity contribution >= 4 is 62.2 Å². The van der Waals surface area contributed by atoms with Crippen LogP contribution in [0.2, 0.25) is 0 Å². The number of thioether (sulfide) groups is 1. The van der Waals surface area contributed by atoms with Crippen molar-refractivity contribution in [3.63, 3.8) is 0 Å². The number of halogens is 1. The summed E-state index contributed by atoms with van der Waals surface area (Å²) in [7, 11) is 1.45. The van der Waals surface area contributed by atoms with Crippen molar-refractivity contribution in [1.29, 1.82) is 0 Å². The molecule has 0 radical (unpaired) electrons. The van der Waals surface area contributed by atoms with Crippen LogP contribution in [-0.4, -0.2) is 47.1 Å². The number of nitro groups is 1. The molecule has 0 atom stereocenters. The topological polar surface area (TPSA) is 137 Å². The molecule has 13 heteroatoms. The van der Waals surface area contributed by atoms with Crippen LogP contribution in [0.3, 0.4) is 0 Å². The fourth-order valence-corrected chi connectivity index (χ4v) is 5.22. The number of nitrogens with one attached hydrogen (secondary N) is 1. The van der Waals surface area contributed by atoms with Crippen molar-refractivity contribution in [2.75, 3.05) is 25.6 Å². The summed E-state index contributed by atoms with van der Waals surface area (Å²) in [5, 5.41) is 13.1. The predicted molar refractivity (Wildman–Crippen MR) is 157 cm³/mol. The number of carbonyl (C=O) groups excluding carboxylic acids is 3. The second-order valence-electron chi connectivity index (χ2n) is 8.52. The van der Waals surface area contributed by atoms with Gasteiger partial charge in [0.15, 0.2) is 11.5 Å². The molecule has 0 aromatic heterocycles. The molecular formula is C28H24BrN3O8S. The average Bonchev–Trinajstić information content (AvgIpc) is 3.20. The molecule has 3 aromatic rings. The van der Waals surface area contributed by atoms with Crippen LogP contribution < -0.4 is 19.5 Å². The maximum atomic E-state index is 13.0. The molecule has 0 spiro atoms. The van der Waals surface area contributed by atoms with Crippen LogP contribution in [0, 0.1) is 10.1 Å². The number of non-ortho nitro benzene ring substituents is 1. The van der Waals surface area contributed by atoms with Gasteiger partial charge in [0.25, 0.3) is 16.8 Å². The molecule has 0 saturated carbocycles. The molecule has 1 saturated heterocycles. The lowest BCUT2D eigenvalue weighted by atomic mass is 10.1. The van der Waals surface area contributed by atoms with Gasteiger partial charge in [-0.3, -0.25) is 29.4 Å².